The van der Waals surface area contributed by atoms with Crippen molar-refractivity contribution < 1.29 is 4.79 Å². The number of nitriles is 2. The van der Waals surface area contributed by atoms with E-state index < -0.39 is 0 Å². The Balaban J connectivity index is 2.94. The van der Waals surface area contributed by atoms with Crippen LogP contribution in [0.25, 0.3) is 0 Å². The van der Waals surface area contributed by atoms with Crippen molar-refractivity contribution in [2.75, 3.05) is 18.8 Å². The number of carbonyl (C=O) groups is 1. The van der Waals surface area contributed by atoms with Gasteiger partial charge in [0.25, 0.3) is 5.91 Å². The summed E-state index contributed by atoms with van der Waals surface area (Å²) in [7, 11) is 0. The third-order valence-electron chi connectivity index (χ3n) is 2.50. The van der Waals surface area contributed by atoms with Crippen molar-refractivity contribution in [3.63, 3.8) is 0 Å². The molecule has 6 heteroatoms. The average molecular weight is 321 g/mol. The van der Waals surface area contributed by atoms with Gasteiger partial charge in [0.2, 0.25) is 0 Å². The molecule has 0 radical (unpaired) electrons. The number of hydrogen-bond acceptors (Lipinski definition) is 4. The molecule has 1 aromatic carbocycles. The molecule has 5 nitrogen and oxygen atoms in total. The highest BCUT2D eigenvalue weighted by Gasteiger charge is 2.18. The lowest BCUT2D eigenvalue weighted by atomic mass is 10.1. The Hall–Kier alpha value is -2.05. The molecule has 0 saturated carbocycles. The maximum atomic E-state index is 12.4. The fourth-order valence-electron chi connectivity index (χ4n) is 1.56. The van der Waals surface area contributed by atoms with Gasteiger partial charge < -0.3 is 10.6 Å². The Labute approximate surface area is 120 Å². The van der Waals surface area contributed by atoms with Crippen molar-refractivity contribution in [2.45, 2.75) is 12.8 Å². The van der Waals surface area contributed by atoms with E-state index in [2.05, 4.69) is 15.9 Å². The van der Waals surface area contributed by atoms with E-state index in [9.17, 15) is 4.79 Å². The Morgan fingerprint density at radius 3 is 2.37 bits per heavy atom. The zero-order valence-electron chi connectivity index (χ0n) is 10.3. The van der Waals surface area contributed by atoms with Crippen molar-refractivity contribution in [1.29, 1.82) is 10.5 Å². The molecule has 0 aromatic heterocycles. The molecule has 0 aliphatic carbocycles. The number of halogens is 1. The van der Waals surface area contributed by atoms with E-state index in [1.165, 1.54) is 4.90 Å². The van der Waals surface area contributed by atoms with Crippen LogP contribution >= 0.6 is 15.9 Å². The summed E-state index contributed by atoms with van der Waals surface area (Å²) in [6, 6.07) is 8.96. The highest BCUT2D eigenvalue weighted by atomic mass is 79.9. The number of benzene rings is 1. The van der Waals surface area contributed by atoms with Gasteiger partial charge in [-0.3, -0.25) is 4.79 Å². The van der Waals surface area contributed by atoms with Gasteiger partial charge in [0.1, 0.15) is 0 Å². The summed E-state index contributed by atoms with van der Waals surface area (Å²) >= 11 is 3.30. The number of carbonyl (C=O) groups excluding carboxylic acids is 1. The number of amides is 1. The molecule has 1 aromatic rings. The van der Waals surface area contributed by atoms with Gasteiger partial charge in [-0.1, -0.05) is 0 Å². The van der Waals surface area contributed by atoms with Crippen LogP contribution in [-0.4, -0.2) is 23.9 Å². The molecule has 0 atom stereocenters. The Morgan fingerprint density at radius 1 is 1.26 bits per heavy atom. The molecule has 1 rings (SSSR count). The lowest BCUT2D eigenvalue weighted by molar-refractivity contribution is 0.0761. The van der Waals surface area contributed by atoms with Gasteiger partial charge >= 0.3 is 0 Å². The highest BCUT2D eigenvalue weighted by Crippen LogP contribution is 2.21. The van der Waals surface area contributed by atoms with Gasteiger partial charge in [0, 0.05) is 23.2 Å². The molecular formula is C13H13BrN4O. The third-order valence-corrected chi connectivity index (χ3v) is 3.19. The van der Waals surface area contributed by atoms with E-state index in [0.29, 0.717) is 28.8 Å². The Morgan fingerprint density at radius 2 is 1.84 bits per heavy atom. The molecule has 0 saturated heterocycles. The maximum Gasteiger partial charge on any atom is 0.255 e. The first-order valence-corrected chi connectivity index (χ1v) is 6.47. The minimum atomic E-state index is -0.232. The number of nitrogens with two attached hydrogens (primary N) is 1. The van der Waals surface area contributed by atoms with Crippen molar-refractivity contribution in [1.82, 2.24) is 4.90 Å². The van der Waals surface area contributed by atoms with Crippen LogP contribution in [0.5, 0.6) is 0 Å². The lowest BCUT2D eigenvalue weighted by Gasteiger charge is -2.21. The first-order chi connectivity index (χ1) is 9.10. The van der Waals surface area contributed by atoms with E-state index in [4.69, 9.17) is 16.3 Å². The van der Waals surface area contributed by atoms with E-state index in [0.717, 1.165) is 0 Å². The Kier molecular flexibility index (Phi) is 5.84. The smallest absolute Gasteiger partial charge is 0.255 e. The van der Waals surface area contributed by atoms with Crippen LogP contribution in [0.15, 0.2) is 22.7 Å². The minimum absolute atomic E-state index is 0.232. The van der Waals surface area contributed by atoms with Crippen molar-refractivity contribution in [2.24, 2.45) is 0 Å². The second kappa shape index (κ2) is 7.40. The molecule has 19 heavy (non-hydrogen) atoms. The van der Waals surface area contributed by atoms with E-state index in [-0.39, 0.29) is 18.7 Å². The second-order valence-corrected chi connectivity index (χ2v) is 4.70. The SMILES string of the molecule is N#CCCN(CCC#N)C(=O)c1cc(N)ccc1Br. The van der Waals surface area contributed by atoms with Gasteiger partial charge in [0.05, 0.1) is 30.5 Å². The molecular weight excluding hydrogens is 308 g/mol. The van der Waals surface area contributed by atoms with Gasteiger partial charge in [0.15, 0.2) is 0 Å². The van der Waals surface area contributed by atoms with Crippen LogP contribution in [0.2, 0.25) is 0 Å². The van der Waals surface area contributed by atoms with Crippen LogP contribution in [0.4, 0.5) is 5.69 Å². The monoisotopic (exact) mass is 320 g/mol. The average Bonchev–Trinajstić information content (AvgIpc) is 2.41. The molecule has 0 aliphatic rings. The van der Waals surface area contributed by atoms with Gasteiger partial charge in [-0.15, -0.1) is 0 Å². The molecule has 98 valence electrons. The topological polar surface area (TPSA) is 93.9 Å². The van der Waals surface area contributed by atoms with Gasteiger partial charge in [-0.05, 0) is 34.1 Å². The van der Waals surface area contributed by atoms with E-state index in [1.807, 2.05) is 12.1 Å². The van der Waals surface area contributed by atoms with Crippen LogP contribution in [0, 0.1) is 22.7 Å². The van der Waals surface area contributed by atoms with Crippen LogP contribution in [-0.2, 0) is 0 Å². The number of anilines is 1. The lowest BCUT2D eigenvalue weighted by Crippen LogP contribution is -2.33. The fourth-order valence-corrected chi connectivity index (χ4v) is 1.98. The first-order valence-electron chi connectivity index (χ1n) is 5.68. The summed E-state index contributed by atoms with van der Waals surface area (Å²) in [6.45, 7) is 0.608. The number of hydrogen-bond donors (Lipinski definition) is 1. The fraction of sp³-hybridized carbons (Fsp3) is 0.308. The van der Waals surface area contributed by atoms with Crippen molar-refractivity contribution in [3.05, 3.63) is 28.2 Å². The second-order valence-electron chi connectivity index (χ2n) is 3.85. The van der Waals surface area contributed by atoms with Gasteiger partial charge in [-0.2, -0.15) is 10.5 Å². The zero-order chi connectivity index (χ0) is 14.3. The molecule has 0 fully saturated rings. The number of nitrogens with zero attached hydrogens (tertiary/aromatic N) is 3. The predicted octanol–water partition coefficient (Wildman–Crippen LogP) is 2.30. The summed E-state index contributed by atoms with van der Waals surface area (Å²) in [4.78, 5) is 13.8. The minimum Gasteiger partial charge on any atom is -0.399 e. The summed E-state index contributed by atoms with van der Waals surface area (Å²) in [6.07, 6.45) is 0.466. The van der Waals surface area contributed by atoms with Crippen LogP contribution in [0.1, 0.15) is 23.2 Å². The normalized spacial score (nSPS) is 9.42. The predicted molar refractivity (Wildman–Crippen MR) is 74.9 cm³/mol. The third kappa shape index (κ3) is 4.27. The maximum absolute atomic E-state index is 12.4. The quantitative estimate of drug-likeness (QED) is 0.842. The molecule has 1 amide bonds. The van der Waals surface area contributed by atoms with Gasteiger partial charge in [-0.25, -0.2) is 0 Å². The molecule has 0 spiro atoms. The molecule has 2 N–H and O–H groups in total. The number of nitrogen functional groups attached to an aromatic ring is 1. The first kappa shape index (κ1) is 15.0. The summed E-state index contributed by atoms with van der Waals surface area (Å²) in [5.74, 6) is -0.232. The molecule has 0 heterocycles. The van der Waals surface area contributed by atoms with Crippen LogP contribution < -0.4 is 5.73 Å². The summed E-state index contributed by atoms with van der Waals surface area (Å²) in [5.41, 5.74) is 6.60. The van der Waals surface area contributed by atoms with Crippen LogP contribution in [0.3, 0.4) is 0 Å². The van der Waals surface area contributed by atoms with Crippen molar-refractivity contribution in [3.8, 4) is 12.1 Å². The standard InChI is InChI=1S/C13H13BrN4O/c14-12-4-3-10(17)9-11(12)13(19)18(7-1-5-15)8-2-6-16/h3-4,9H,1-2,7-8,17H2. The molecule has 0 unspecified atom stereocenters. The van der Waals surface area contributed by atoms with E-state index >= 15 is 0 Å². The van der Waals surface area contributed by atoms with E-state index in [1.54, 1.807) is 18.2 Å². The molecule has 0 aliphatic heterocycles. The summed E-state index contributed by atoms with van der Waals surface area (Å²) in [5, 5.41) is 17.2. The number of rotatable bonds is 5. The highest BCUT2D eigenvalue weighted by molar-refractivity contribution is 9.10. The van der Waals surface area contributed by atoms with Crippen molar-refractivity contribution >= 4 is 27.5 Å². The summed E-state index contributed by atoms with van der Waals surface area (Å²) < 4.78 is 0.644. The zero-order valence-corrected chi connectivity index (χ0v) is 11.9. The largest absolute Gasteiger partial charge is 0.399 e. The Bertz CT molecular complexity index is 527. The molecule has 0 bridgehead atoms.